The summed E-state index contributed by atoms with van der Waals surface area (Å²) in [6, 6.07) is 9.72. The molecule has 17 heavy (non-hydrogen) atoms. The SMILES string of the molecule is CCN(C(=O)CN(C)CCN)c1ccccc1. The number of carbonyl (C=O) groups is 1. The summed E-state index contributed by atoms with van der Waals surface area (Å²) in [5, 5.41) is 0. The van der Waals surface area contributed by atoms with E-state index in [9.17, 15) is 4.79 Å². The highest BCUT2D eigenvalue weighted by Crippen LogP contribution is 2.13. The maximum absolute atomic E-state index is 12.1. The van der Waals surface area contributed by atoms with Crippen molar-refractivity contribution in [2.45, 2.75) is 6.92 Å². The first-order chi connectivity index (χ1) is 8.19. The molecule has 0 radical (unpaired) electrons. The summed E-state index contributed by atoms with van der Waals surface area (Å²) < 4.78 is 0. The number of hydrogen-bond donors (Lipinski definition) is 1. The fourth-order valence-corrected chi connectivity index (χ4v) is 1.73. The van der Waals surface area contributed by atoms with Gasteiger partial charge in [0.1, 0.15) is 0 Å². The Morgan fingerprint density at radius 3 is 2.47 bits per heavy atom. The fourth-order valence-electron chi connectivity index (χ4n) is 1.73. The molecule has 0 bridgehead atoms. The third-order valence-corrected chi connectivity index (χ3v) is 2.60. The lowest BCUT2D eigenvalue weighted by molar-refractivity contribution is -0.119. The molecule has 0 aliphatic heterocycles. The molecule has 0 fully saturated rings. The molecule has 0 unspecified atom stereocenters. The molecule has 0 atom stereocenters. The third kappa shape index (κ3) is 4.17. The molecule has 4 nitrogen and oxygen atoms in total. The number of anilines is 1. The average Bonchev–Trinajstić information content (AvgIpc) is 2.31. The first kappa shape index (κ1) is 13.7. The number of hydrogen-bond acceptors (Lipinski definition) is 3. The van der Waals surface area contributed by atoms with E-state index in [0.717, 1.165) is 12.2 Å². The lowest BCUT2D eigenvalue weighted by atomic mass is 10.3. The number of nitrogens with zero attached hydrogens (tertiary/aromatic N) is 2. The molecule has 0 heterocycles. The monoisotopic (exact) mass is 235 g/mol. The van der Waals surface area contributed by atoms with Crippen molar-refractivity contribution in [3.8, 4) is 0 Å². The van der Waals surface area contributed by atoms with Crippen molar-refractivity contribution in [3.05, 3.63) is 30.3 Å². The van der Waals surface area contributed by atoms with E-state index < -0.39 is 0 Å². The van der Waals surface area contributed by atoms with Crippen LogP contribution in [0.1, 0.15) is 6.92 Å². The molecule has 2 N–H and O–H groups in total. The number of para-hydroxylation sites is 1. The van der Waals surface area contributed by atoms with Gasteiger partial charge in [-0.1, -0.05) is 18.2 Å². The molecule has 0 spiro atoms. The van der Waals surface area contributed by atoms with Gasteiger partial charge in [-0.15, -0.1) is 0 Å². The van der Waals surface area contributed by atoms with Gasteiger partial charge >= 0.3 is 0 Å². The quantitative estimate of drug-likeness (QED) is 0.798. The Bertz CT molecular complexity index is 340. The molecular formula is C13H21N3O. The number of likely N-dealkylation sites (N-methyl/N-ethyl adjacent to an activating group) is 2. The maximum atomic E-state index is 12.1. The molecule has 0 saturated heterocycles. The molecule has 1 aromatic carbocycles. The third-order valence-electron chi connectivity index (χ3n) is 2.60. The maximum Gasteiger partial charge on any atom is 0.241 e. The number of rotatable bonds is 6. The van der Waals surface area contributed by atoms with Crippen molar-refractivity contribution in [2.24, 2.45) is 5.73 Å². The van der Waals surface area contributed by atoms with Crippen LogP contribution in [0.3, 0.4) is 0 Å². The van der Waals surface area contributed by atoms with Crippen LogP contribution < -0.4 is 10.6 Å². The minimum atomic E-state index is 0.106. The van der Waals surface area contributed by atoms with Crippen LogP contribution in [-0.4, -0.2) is 44.0 Å². The van der Waals surface area contributed by atoms with Gasteiger partial charge in [-0.05, 0) is 26.1 Å². The second-order valence-corrected chi connectivity index (χ2v) is 4.00. The van der Waals surface area contributed by atoms with Crippen LogP contribution in [0.25, 0.3) is 0 Å². The van der Waals surface area contributed by atoms with Crippen LogP contribution in [0.2, 0.25) is 0 Å². The second kappa shape index (κ2) is 7.04. The summed E-state index contributed by atoms with van der Waals surface area (Å²) in [6.07, 6.45) is 0. The number of benzene rings is 1. The van der Waals surface area contributed by atoms with Gasteiger partial charge < -0.3 is 10.6 Å². The van der Waals surface area contributed by atoms with Gasteiger partial charge in [-0.2, -0.15) is 0 Å². The van der Waals surface area contributed by atoms with Crippen LogP contribution >= 0.6 is 0 Å². The van der Waals surface area contributed by atoms with Crippen LogP contribution in [0.4, 0.5) is 5.69 Å². The summed E-state index contributed by atoms with van der Waals surface area (Å²) in [5.41, 5.74) is 6.40. The van der Waals surface area contributed by atoms with Crippen LogP contribution in [0.15, 0.2) is 30.3 Å². The van der Waals surface area contributed by atoms with E-state index in [1.165, 1.54) is 0 Å². The van der Waals surface area contributed by atoms with Gasteiger partial charge in [0.25, 0.3) is 0 Å². The number of nitrogens with two attached hydrogens (primary N) is 1. The summed E-state index contributed by atoms with van der Waals surface area (Å²) >= 11 is 0. The largest absolute Gasteiger partial charge is 0.329 e. The fraction of sp³-hybridized carbons (Fsp3) is 0.462. The Morgan fingerprint density at radius 2 is 1.94 bits per heavy atom. The standard InChI is InChI=1S/C13H21N3O/c1-3-16(12-7-5-4-6-8-12)13(17)11-15(2)10-9-14/h4-8H,3,9-11,14H2,1-2H3. The molecule has 0 aromatic heterocycles. The Balaban J connectivity index is 2.65. The van der Waals surface area contributed by atoms with Gasteiger partial charge in [0.05, 0.1) is 6.54 Å². The van der Waals surface area contributed by atoms with E-state index in [1.54, 1.807) is 4.90 Å². The minimum Gasteiger partial charge on any atom is -0.329 e. The Hall–Kier alpha value is -1.39. The highest BCUT2D eigenvalue weighted by Gasteiger charge is 2.14. The number of carbonyl (C=O) groups excluding carboxylic acids is 1. The van der Waals surface area contributed by atoms with Crippen molar-refractivity contribution < 1.29 is 4.79 Å². The molecule has 0 aliphatic rings. The van der Waals surface area contributed by atoms with E-state index in [1.807, 2.05) is 49.2 Å². The van der Waals surface area contributed by atoms with Crippen molar-refractivity contribution in [2.75, 3.05) is 38.1 Å². The summed E-state index contributed by atoms with van der Waals surface area (Å²) in [7, 11) is 1.91. The van der Waals surface area contributed by atoms with Gasteiger partial charge in [0.2, 0.25) is 5.91 Å². The van der Waals surface area contributed by atoms with Crippen molar-refractivity contribution in [1.82, 2.24) is 4.90 Å². The highest BCUT2D eigenvalue weighted by molar-refractivity contribution is 5.94. The van der Waals surface area contributed by atoms with E-state index in [2.05, 4.69) is 0 Å². The Labute approximate surface area is 103 Å². The first-order valence-corrected chi connectivity index (χ1v) is 5.93. The molecule has 0 aliphatic carbocycles. The van der Waals surface area contributed by atoms with E-state index in [0.29, 0.717) is 19.6 Å². The van der Waals surface area contributed by atoms with Gasteiger partial charge in [-0.3, -0.25) is 9.69 Å². The average molecular weight is 235 g/mol. The number of amides is 1. The normalized spacial score (nSPS) is 10.6. The van der Waals surface area contributed by atoms with E-state index in [-0.39, 0.29) is 5.91 Å². The Kier molecular flexibility index (Phi) is 5.66. The molecule has 1 aromatic rings. The molecule has 0 saturated carbocycles. The molecular weight excluding hydrogens is 214 g/mol. The second-order valence-electron chi connectivity index (χ2n) is 4.00. The summed E-state index contributed by atoms with van der Waals surface area (Å²) in [5.74, 6) is 0.106. The molecule has 4 heteroatoms. The summed E-state index contributed by atoms with van der Waals surface area (Å²) in [4.78, 5) is 15.8. The first-order valence-electron chi connectivity index (χ1n) is 5.93. The topological polar surface area (TPSA) is 49.6 Å². The molecule has 94 valence electrons. The van der Waals surface area contributed by atoms with Crippen LogP contribution in [-0.2, 0) is 4.79 Å². The molecule has 1 rings (SSSR count). The lowest BCUT2D eigenvalue weighted by Gasteiger charge is -2.24. The Morgan fingerprint density at radius 1 is 1.29 bits per heavy atom. The van der Waals surface area contributed by atoms with Crippen molar-refractivity contribution in [3.63, 3.8) is 0 Å². The van der Waals surface area contributed by atoms with E-state index >= 15 is 0 Å². The van der Waals surface area contributed by atoms with Gasteiger partial charge in [-0.25, -0.2) is 0 Å². The predicted molar refractivity (Wildman–Crippen MR) is 71.0 cm³/mol. The zero-order chi connectivity index (χ0) is 12.7. The van der Waals surface area contributed by atoms with Crippen molar-refractivity contribution in [1.29, 1.82) is 0 Å². The smallest absolute Gasteiger partial charge is 0.241 e. The van der Waals surface area contributed by atoms with Crippen LogP contribution in [0, 0.1) is 0 Å². The molecule has 1 amide bonds. The zero-order valence-corrected chi connectivity index (χ0v) is 10.6. The lowest BCUT2D eigenvalue weighted by Crippen LogP contribution is -2.40. The van der Waals surface area contributed by atoms with E-state index in [4.69, 9.17) is 5.73 Å². The zero-order valence-electron chi connectivity index (χ0n) is 10.6. The van der Waals surface area contributed by atoms with Gasteiger partial charge in [0, 0.05) is 25.3 Å². The predicted octanol–water partition coefficient (Wildman–Crippen LogP) is 0.930. The van der Waals surface area contributed by atoms with Gasteiger partial charge in [0.15, 0.2) is 0 Å². The minimum absolute atomic E-state index is 0.106. The summed E-state index contributed by atoms with van der Waals surface area (Å²) in [6.45, 7) is 4.37. The van der Waals surface area contributed by atoms with Crippen molar-refractivity contribution >= 4 is 11.6 Å². The van der Waals surface area contributed by atoms with Crippen LogP contribution in [0.5, 0.6) is 0 Å². The highest BCUT2D eigenvalue weighted by atomic mass is 16.2.